The molecule has 122 valence electrons. The van der Waals surface area contributed by atoms with Crippen LogP contribution < -0.4 is 5.32 Å². The minimum absolute atomic E-state index is 0.135. The Morgan fingerprint density at radius 2 is 2.00 bits per heavy atom. The van der Waals surface area contributed by atoms with Crippen molar-refractivity contribution < 1.29 is 9.18 Å². The van der Waals surface area contributed by atoms with Crippen molar-refractivity contribution in [1.29, 1.82) is 0 Å². The zero-order valence-electron chi connectivity index (χ0n) is 12.5. The molecule has 24 heavy (non-hydrogen) atoms. The van der Waals surface area contributed by atoms with Crippen LogP contribution in [0.15, 0.2) is 48.5 Å². The molecule has 0 radical (unpaired) electrons. The van der Waals surface area contributed by atoms with E-state index in [1.807, 2.05) is 0 Å². The molecule has 0 bridgehead atoms. The zero-order valence-corrected chi connectivity index (χ0v) is 13.2. The van der Waals surface area contributed by atoms with Gasteiger partial charge in [-0.05, 0) is 46.3 Å². The molecule has 1 heterocycles. The summed E-state index contributed by atoms with van der Waals surface area (Å²) in [7, 11) is 0. The summed E-state index contributed by atoms with van der Waals surface area (Å²) in [5.74, 6) is -0.156. The Hall–Kier alpha value is -2.80. The molecule has 3 aromatic rings. The number of aromatic nitrogens is 4. The number of carbonyl (C=O) groups is 1. The van der Waals surface area contributed by atoms with Crippen molar-refractivity contribution in [3.8, 4) is 5.69 Å². The molecule has 0 aliphatic rings. The first-order valence-corrected chi connectivity index (χ1v) is 7.54. The number of tetrazole rings is 1. The topological polar surface area (TPSA) is 72.7 Å². The monoisotopic (exact) mass is 345 g/mol. The van der Waals surface area contributed by atoms with Crippen molar-refractivity contribution in [2.24, 2.45) is 0 Å². The number of benzene rings is 2. The third-order valence-corrected chi connectivity index (χ3v) is 3.56. The minimum Gasteiger partial charge on any atom is -0.348 e. The van der Waals surface area contributed by atoms with Gasteiger partial charge in [-0.15, -0.1) is 5.10 Å². The van der Waals surface area contributed by atoms with Gasteiger partial charge >= 0.3 is 0 Å². The van der Waals surface area contributed by atoms with Crippen LogP contribution in [0.4, 0.5) is 4.39 Å². The SMILES string of the molecule is O=C(Cc1ccc(Cl)cc1)NCc1nnnn1-c1cccc(F)c1. The van der Waals surface area contributed by atoms with Gasteiger partial charge in [0.2, 0.25) is 5.91 Å². The molecule has 1 N–H and O–H groups in total. The number of carbonyl (C=O) groups excluding carboxylic acids is 1. The highest BCUT2D eigenvalue weighted by Gasteiger charge is 2.11. The molecule has 0 unspecified atom stereocenters. The summed E-state index contributed by atoms with van der Waals surface area (Å²) < 4.78 is 14.7. The van der Waals surface area contributed by atoms with Crippen LogP contribution >= 0.6 is 11.6 Å². The Morgan fingerprint density at radius 1 is 1.21 bits per heavy atom. The Labute approximate surface area is 142 Å². The summed E-state index contributed by atoms with van der Waals surface area (Å²) in [6, 6.07) is 12.9. The van der Waals surface area contributed by atoms with E-state index >= 15 is 0 Å². The van der Waals surface area contributed by atoms with Crippen LogP contribution in [0.3, 0.4) is 0 Å². The Morgan fingerprint density at radius 3 is 2.75 bits per heavy atom. The van der Waals surface area contributed by atoms with E-state index < -0.39 is 0 Å². The summed E-state index contributed by atoms with van der Waals surface area (Å²) in [5, 5.41) is 14.6. The first-order valence-electron chi connectivity index (χ1n) is 7.16. The van der Waals surface area contributed by atoms with E-state index in [1.165, 1.54) is 16.8 Å². The molecule has 0 atom stereocenters. The standard InChI is InChI=1S/C16H13ClFN5O/c17-12-6-4-11(5-7-12)8-16(24)19-10-15-20-21-22-23(15)14-3-1-2-13(18)9-14/h1-7,9H,8,10H2,(H,19,24). The Balaban J connectivity index is 1.64. The lowest BCUT2D eigenvalue weighted by Gasteiger charge is -2.07. The number of hydrogen-bond acceptors (Lipinski definition) is 4. The maximum Gasteiger partial charge on any atom is 0.224 e. The summed E-state index contributed by atoms with van der Waals surface area (Å²) >= 11 is 5.81. The lowest BCUT2D eigenvalue weighted by molar-refractivity contribution is -0.120. The van der Waals surface area contributed by atoms with E-state index in [9.17, 15) is 9.18 Å². The summed E-state index contributed by atoms with van der Waals surface area (Å²) in [4.78, 5) is 12.0. The number of nitrogens with one attached hydrogen (secondary N) is 1. The Kier molecular flexibility index (Phi) is 4.81. The van der Waals surface area contributed by atoms with Crippen LogP contribution in [0, 0.1) is 5.82 Å². The van der Waals surface area contributed by atoms with E-state index in [0.717, 1.165) is 5.56 Å². The average molecular weight is 346 g/mol. The van der Waals surface area contributed by atoms with Gasteiger partial charge in [0, 0.05) is 5.02 Å². The fourth-order valence-electron chi connectivity index (χ4n) is 2.15. The number of hydrogen-bond donors (Lipinski definition) is 1. The number of halogens is 2. The molecule has 1 aromatic heterocycles. The van der Waals surface area contributed by atoms with Crippen molar-refractivity contribution >= 4 is 17.5 Å². The predicted molar refractivity (Wildman–Crippen MR) is 86.1 cm³/mol. The molecule has 0 spiro atoms. The van der Waals surface area contributed by atoms with Crippen molar-refractivity contribution in [3.63, 3.8) is 0 Å². The molecule has 0 aliphatic carbocycles. The molecule has 0 aliphatic heterocycles. The van der Waals surface area contributed by atoms with Crippen LogP contribution in [0.1, 0.15) is 11.4 Å². The van der Waals surface area contributed by atoms with Gasteiger partial charge in [0.1, 0.15) is 5.82 Å². The lowest BCUT2D eigenvalue weighted by Crippen LogP contribution is -2.26. The van der Waals surface area contributed by atoms with Crippen LogP contribution in [0.2, 0.25) is 5.02 Å². The van der Waals surface area contributed by atoms with Crippen LogP contribution in [-0.4, -0.2) is 26.1 Å². The first kappa shape index (κ1) is 16.1. The van der Waals surface area contributed by atoms with E-state index in [4.69, 9.17) is 11.6 Å². The molecule has 0 fully saturated rings. The van der Waals surface area contributed by atoms with Crippen molar-refractivity contribution in [2.45, 2.75) is 13.0 Å². The number of nitrogens with zero attached hydrogens (tertiary/aromatic N) is 4. The molecule has 8 heteroatoms. The van der Waals surface area contributed by atoms with Gasteiger partial charge in [0.05, 0.1) is 18.7 Å². The highest BCUT2D eigenvalue weighted by molar-refractivity contribution is 6.30. The van der Waals surface area contributed by atoms with Crippen molar-refractivity contribution in [1.82, 2.24) is 25.5 Å². The normalized spacial score (nSPS) is 10.6. The van der Waals surface area contributed by atoms with E-state index in [1.54, 1.807) is 36.4 Å². The van der Waals surface area contributed by atoms with E-state index in [0.29, 0.717) is 16.5 Å². The van der Waals surface area contributed by atoms with Gasteiger partial charge in [-0.2, -0.15) is 4.68 Å². The fourth-order valence-corrected chi connectivity index (χ4v) is 2.28. The van der Waals surface area contributed by atoms with E-state index in [-0.39, 0.29) is 24.7 Å². The minimum atomic E-state index is -0.388. The number of amides is 1. The van der Waals surface area contributed by atoms with Gasteiger partial charge in [0.15, 0.2) is 5.82 Å². The quantitative estimate of drug-likeness (QED) is 0.770. The van der Waals surface area contributed by atoms with Crippen LogP contribution in [-0.2, 0) is 17.8 Å². The number of rotatable bonds is 5. The predicted octanol–water partition coefficient (Wildman–Crippen LogP) is 2.31. The molecule has 3 rings (SSSR count). The highest BCUT2D eigenvalue weighted by atomic mass is 35.5. The molecule has 2 aromatic carbocycles. The lowest BCUT2D eigenvalue weighted by atomic mass is 10.1. The second-order valence-corrected chi connectivity index (χ2v) is 5.50. The Bertz CT molecular complexity index is 850. The molecule has 0 saturated carbocycles. The molecule has 1 amide bonds. The molecule has 6 nitrogen and oxygen atoms in total. The van der Waals surface area contributed by atoms with Crippen LogP contribution in [0.25, 0.3) is 5.69 Å². The summed E-state index contributed by atoms with van der Waals surface area (Å²) in [5.41, 5.74) is 1.34. The fraction of sp³-hybridized carbons (Fsp3) is 0.125. The van der Waals surface area contributed by atoms with Gasteiger partial charge in [0.25, 0.3) is 0 Å². The second-order valence-electron chi connectivity index (χ2n) is 5.07. The largest absolute Gasteiger partial charge is 0.348 e. The molecular weight excluding hydrogens is 333 g/mol. The van der Waals surface area contributed by atoms with E-state index in [2.05, 4.69) is 20.8 Å². The average Bonchev–Trinajstić information content (AvgIpc) is 3.04. The van der Waals surface area contributed by atoms with Gasteiger partial charge in [-0.1, -0.05) is 29.8 Å². The summed E-state index contributed by atoms with van der Waals surface area (Å²) in [6.07, 6.45) is 0.221. The third-order valence-electron chi connectivity index (χ3n) is 3.31. The van der Waals surface area contributed by atoms with Gasteiger partial charge in [-0.3, -0.25) is 4.79 Å². The highest BCUT2D eigenvalue weighted by Crippen LogP contribution is 2.11. The second kappa shape index (κ2) is 7.18. The zero-order chi connectivity index (χ0) is 16.9. The van der Waals surface area contributed by atoms with Gasteiger partial charge in [-0.25, -0.2) is 4.39 Å². The smallest absolute Gasteiger partial charge is 0.224 e. The van der Waals surface area contributed by atoms with Gasteiger partial charge < -0.3 is 5.32 Å². The third kappa shape index (κ3) is 3.94. The van der Waals surface area contributed by atoms with Crippen molar-refractivity contribution in [3.05, 3.63) is 70.8 Å². The van der Waals surface area contributed by atoms with Crippen LogP contribution in [0.5, 0.6) is 0 Å². The summed E-state index contributed by atoms with van der Waals surface area (Å²) in [6.45, 7) is 0.135. The van der Waals surface area contributed by atoms with Crippen molar-refractivity contribution in [2.75, 3.05) is 0 Å². The maximum absolute atomic E-state index is 13.3. The maximum atomic E-state index is 13.3. The first-order chi connectivity index (χ1) is 11.6. The molecular formula is C16H13ClFN5O. The molecule has 0 saturated heterocycles.